The molecule has 2 N–H and O–H groups in total. The molecule has 0 spiro atoms. The summed E-state index contributed by atoms with van der Waals surface area (Å²) in [6.07, 6.45) is 3.38. The van der Waals surface area contributed by atoms with Gasteiger partial charge in [0, 0.05) is 5.69 Å². The first-order valence-electron chi connectivity index (χ1n) is 7.86. The van der Waals surface area contributed by atoms with Gasteiger partial charge in [0.25, 0.3) is 5.56 Å². The largest absolute Gasteiger partial charge is 0.322 e. The molecule has 2 heterocycles. The zero-order valence-electron chi connectivity index (χ0n) is 13.0. The second kappa shape index (κ2) is 5.22. The number of hydrogen-bond acceptors (Lipinski definition) is 3. The summed E-state index contributed by atoms with van der Waals surface area (Å²) in [6.45, 7) is 2.42. The number of fused-ring (bicyclic) bond motifs is 2. The van der Waals surface area contributed by atoms with Crippen LogP contribution in [-0.2, 0) is 25.9 Å². The fourth-order valence-corrected chi connectivity index (χ4v) is 3.39. The van der Waals surface area contributed by atoms with Crippen molar-refractivity contribution in [1.82, 2.24) is 14.9 Å². The third kappa shape index (κ3) is 2.50. The molecule has 1 aromatic heterocycles. The highest BCUT2D eigenvalue weighted by Gasteiger charge is 2.27. The molecular weight excluding hydrogens is 292 g/mol. The van der Waals surface area contributed by atoms with Gasteiger partial charge in [0.2, 0.25) is 0 Å². The summed E-state index contributed by atoms with van der Waals surface area (Å²) in [5.74, 6) is 0.578. The van der Waals surface area contributed by atoms with Gasteiger partial charge in [0.05, 0.1) is 24.3 Å². The summed E-state index contributed by atoms with van der Waals surface area (Å²) in [5.41, 5.74) is 4.63. The van der Waals surface area contributed by atoms with Crippen LogP contribution in [0.3, 0.4) is 0 Å². The van der Waals surface area contributed by atoms with Gasteiger partial charge in [-0.3, -0.25) is 4.79 Å². The fraction of sp³-hybridized carbons (Fsp3) is 0.353. The number of aromatic nitrogens is 2. The fourth-order valence-electron chi connectivity index (χ4n) is 3.39. The Morgan fingerprint density at radius 1 is 1.26 bits per heavy atom. The predicted octanol–water partition coefficient (Wildman–Crippen LogP) is 2.11. The number of anilines is 1. The lowest BCUT2D eigenvalue weighted by molar-refractivity contribution is 0.212. The monoisotopic (exact) mass is 310 g/mol. The van der Waals surface area contributed by atoms with E-state index in [1.807, 2.05) is 6.07 Å². The molecule has 6 nitrogen and oxygen atoms in total. The van der Waals surface area contributed by atoms with Gasteiger partial charge in [-0.25, -0.2) is 9.78 Å². The summed E-state index contributed by atoms with van der Waals surface area (Å²) in [5, 5.41) is 2.93. The lowest BCUT2D eigenvalue weighted by atomic mass is 10.1. The topological polar surface area (TPSA) is 78.1 Å². The van der Waals surface area contributed by atoms with E-state index < -0.39 is 0 Å². The van der Waals surface area contributed by atoms with E-state index in [9.17, 15) is 9.59 Å². The molecule has 0 radical (unpaired) electrons. The van der Waals surface area contributed by atoms with Crippen molar-refractivity contribution in [3.05, 3.63) is 56.8 Å². The third-order valence-electron chi connectivity index (χ3n) is 4.55. The van der Waals surface area contributed by atoms with Gasteiger partial charge in [0.15, 0.2) is 0 Å². The van der Waals surface area contributed by atoms with E-state index in [-0.39, 0.29) is 11.6 Å². The van der Waals surface area contributed by atoms with E-state index >= 15 is 0 Å². The number of amides is 2. The zero-order valence-corrected chi connectivity index (χ0v) is 13.0. The summed E-state index contributed by atoms with van der Waals surface area (Å²) >= 11 is 0. The van der Waals surface area contributed by atoms with Crippen LogP contribution >= 0.6 is 0 Å². The number of hydrogen-bond donors (Lipinski definition) is 2. The van der Waals surface area contributed by atoms with E-state index in [1.165, 1.54) is 17.5 Å². The van der Waals surface area contributed by atoms with Gasteiger partial charge < -0.3 is 15.2 Å². The molecule has 23 heavy (non-hydrogen) atoms. The zero-order chi connectivity index (χ0) is 16.0. The highest BCUT2D eigenvalue weighted by molar-refractivity contribution is 5.89. The Balaban J connectivity index is 1.51. The number of aryl methyl sites for hydroxylation is 3. The van der Waals surface area contributed by atoms with E-state index in [1.54, 1.807) is 11.8 Å². The van der Waals surface area contributed by atoms with E-state index in [2.05, 4.69) is 27.4 Å². The molecule has 0 unspecified atom stereocenters. The van der Waals surface area contributed by atoms with E-state index in [0.29, 0.717) is 30.2 Å². The Hall–Kier alpha value is -2.63. The molecule has 6 heteroatoms. The van der Waals surface area contributed by atoms with Crippen molar-refractivity contribution in [3.63, 3.8) is 0 Å². The minimum absolute atomic E-state index is 0.152. The van der Waals surface area contributed by atoms with Gasteiger partial charge in [-0.15, -0.1) is 0 Å². The van der Waals surface area contributed by atoms with Crippen molar-refractivity contribution in [3.8, 4) is 0 Å². The lowest BCUT2D eigenvalue weighted by Crippen LogP contribution is -2.30. The van der Waals surface area contributed by atoms with Gasteiger partial charge in [-0.1, -0.05) is 6.07 Å². The van der Waals surface area contributed by atoms with Crippen LogP contribution in [0.1, 0.15) is 34.6 Å². The summed E-state index contributed by atoms with van der Waals surface area (Å²) in [6, 6.07) is 5.89. The molecule has 0 atom stereocenters. The smallest absolute Gasteiger partial charge is 0.314 e. The molecule has 118 valence electrons. The average Bonchev–Trinajstić information content (AvgIpc) is 3.12. The Bertz CT molecular complexity index is 856. The Labute approximate surface area is 133 Å². The van der Waals surface area contributed by atoms with Crippen LogP contribution in [-0.4, -0.2) is 20.9 Å². The maximum atomic E-state index is 12.5. The number of nitrogens with zero attached hydrogens (tertiary/aromatic N) is 2. The minimum atomic E-state index is -0.196. The van der Waals surface area contributed by atoms with Crippen LogP contribution < -0.4 is 10.9 Å². The van der Waals surface area contributed by atoms with Crippen LogP contribution in [0.5, 0.6) is 0 Å². The first kappa shape index (κ1) is 14.0. The highest BCUT2D eigenvalue weighted by Crippen LogP contribution is 2.25. The van der Waals surface area contributed by atoms with Crippen molar-refractivity contribution < 1.29 is 4.79 Å². The van der Waals surface area contributed by atoms with Crippen LogP contribution in [0.2, 0.25) is 0 Å². The number of urea groups is 1. The number of benzene rings is 1. The van der Waals surface area contributed by atoms with Crippen molar-refractivity contribution in [2.24, 2.45) is 0 Å². The molecule has 4 rings (SSSR count). The van der Waals surface area contributed by atoms with Crippen LogP contribution in [0.15, 0.2) is 23.0 Å². The van der Waals surface area contributed by atoms with Gasteiger partial charge in [-0.2, -0.15) is 0 Å². The Morgan fingerprint density at radius 3 is 2.96 bits per heavy atom. The first-order valence-corrected chi connectivity index (χ1v) is 7.86. The Morgan fingerprint density at radius 2 is 2.09 bits per heavy atom. The van der Waals surface area contributed by atoms with Crippen molar-refractivity contribution in [1.29, 1.82) is 0 Å². The molecule has 0 saturated heterocycles. The SMILES string of the molecule is Cc1nc2c(c(=O)[nH]1)CN(C(=O)Nc1ccc3c(c1)CCC3)C2. The molecule has 2 aromatic rings. The molecule has 1 aliphatic heterocycles. The molecule has 0 bridgehead atoms. The van der Waals surface area contributed by atoms with Crippen LogP contribution in [0, 0.1) is 6.92 Å². The van der Waals surface area contributed by atoms with Gasteiger partial charge in [0.1, 0.15) is 5.82 Å². The molecule has 0 saturated carbocycles. The lowest BCUT2D eigenvalue weighted by Gasteiger charge is -2.16. The maximum absolute atomic E-state index is 12.5. The summed E-state index contributed by atoms with van der Waals surface area (Å²) in [4.78, 5) is 33.0. The van der Waals surface area contributed by atoms with Crippen molar-refractivity contribution in [2.75, 3.05) is 5.32 Å². The number of nitrogens with one attached hydrogen (secondary N) is 2. The standard InChI is InChI=1S/C17H18N4O2/c1-10-18-15-9-21(8-14(15)16(22)19-10)17(23)20-13-6-5-11-3-2-4-12(11)7-13/h5-7H,2-4,8-9H2,1H3,(H,20,23)(H,18,19,22). The summed E-state index contributed by atoms with van der Waals surface area (Å²) < 4.78 is 0. The highest BCUT2D eigenvalue weighted by atomic mass is 16.2. The second-order valence-corrected chi connectivity index (χ2v) is 6.20. The summed E-state index contributed by atoms with van der Waals surface area (Å²) in [7, 11) is 0. The molecule has 0 fully saturated rings. The van der Waals surface area contributed by atoms with Gasteiger partial charge >= 0.3 is 6.03 Å². The molecule has 2 aliphatic rings. The number of aromatic amines is 1. The maximum Gasteiger partial charge on any atom is 0.322 e. The number of carbonyl (C=O) groups excluding carboxylic acids is 1. The molecule has 1 aliphatic carbocycles. The molecule has 2 amide bonds. The van der Waals surface area contributed by atoms with Crippen LogP contribution in [0.25, 0.3) is 0 Å². The minimum Gasteiger partial charge on any atom is -0.314 e. The van der Waals surface area contributed by atoms with Crippen LogP contribution in [0.4, 0.5) is 10.5 Å². The number of rotatable bonds is 1. The van der Waals surface area contributed by atoms with Gasteiger partial charge in [-0.05, 0) is 49.4 Å². The first-order chi connectivity index (χ1) is 11.1. The molecule has 1 aromatic carbocycles. The van der Waals surface area contributed by atoms with E-state index in [4.69, 9.17) is 0 Å². The Kier molecular flexibility index (Phi) is 3.18. The van der Waals surface area contributed by atoms with Crippen molar-refractivity contribution in [2.45, 2.75) is 39.3 Å². The predicted molar refractivity (Wildman–Crippen MR) is 86.3 cm³/mol. The number of H-pyrrole nitrogens is 1. The van der Waals surface area contributed by atoms with E-state index in [0.717, 1.165) is 18.5 Å². The molecular formula is C17H18N4O2. The quantitative estimate of drug-likeness (QED) is 0.847. The van der Waals surface area contributed by atoms with Crippen molar-refractivity contribution >= 4 is 11.7 Å². The normalized spacial score (nSPS) is 15.4. The number of carbonyl (C=O) groups is 1. The third-order valence-corrected chi connectivity index (χ3v) is 4.55. The second-order valence-electron chi connectivity index (χ2n) is 6.20. The average molecular weight is 310 g/mol.